The van der Waals surface area contributed by atoms with Gasteiger partial charge >= 0.3 is 5.97 Å². The Kier molecular flexibility index (Phi) is 9.18. The van der Waals surface area contributed by atoms with Crippen LogP contribution in [0.15, 0.2) is 0 Å². The van der Waals surface area contributed by atoms with E-state index in [1.54, 1.807) is 6.92 Å². The monoisotopic (exact) mass is 232 g/mol. The van der Waals surface area contributed by atoms with Crippen LogP contribution in [-0.2, 0) is 14.3 Å². The van der Waals surface area contributed by atoms with Crippen LogP contribution < -0.4 is 5.73 Å². The highest BCUT2D eigenvalue weighted by Crippen LogP contribution is 1.96. The molecule has 0 aliphatic heterocycles. The van der Waals surface area contributed by atoms with Crippen molar-refractivity contribution in [2.45, 2.75) is 26.4 Å². The highest BCUT2D eigenvalue weighted by molar-refractivity contribution is 5.69. The fourth-order valence-corrected chi connectivity index (χ4v) is 1.39. The minimum absolute atomic E-state index is 0.0391. The van der Waals surface area contributed by atoms with E-state index in [1.807, 2.05) is 18.9 Å². The predicted molar refractivity (Wildman–Crippen MR) is 63.2 cm³/mol. The maximum absolute atomic E-state index is 11.1. The lowest BCUT2D eigenvalue weighted by Crippen LogP contribution is -2.37. The summed E-state index contributed by atoms with van der Waals surface area (Å²) in [6, 6.07) is 0. The lowest BCUT2D eigenvalue weighted by atomic mass is 10.3. The maximum Gasteiger partial charge on any atom is 0.307 e. The number of carbonyl (C=O) groups excluding carboxylic acids is 1. The minimum atomic E-state index is -0.157. The Morgan fingerprint density at radius 2 is 2.06 bits per heavy atom. The van der Waals surface area contributed by atoms with Crippen molar-refractivity contribution >= 4 is 5.97 Å². The fourth-order valence-electron chi connectivity index (χ4n) is 1.39. The number of hydrogen-bond donors (Lipinski definition) is 1. The molecule has 0 aromatic carbocycles. The van der Waals surface area contributed by atoms with E-state index in [0.717, 1.165) is 6.54 Å². The van der Waals surface area contributed by atoms with Crippen LogP contribution in [0, 0.1) is 0 Å². The van der Waals surface area contributed by atoms with Crippen LogP contribution in [0.4, 0.5) is 0 Å². The van der Waals surface area contributed by atoms with Gasteiger partial charge in [0.2, 0.25) is 0 Å². The molecule has 2 N–H and O–H groups in total. The molecule has 0 aromatic rings. The molecular formula is C11H24N2O3. The van der Waals surface area contributed by atoms with Crippen molar-refractivity contribution in [2.75, 3.05) is 39.9 Å². The molecule has 5 heteroatoms. The Morgan fingerprint density at radius 1 is 1.38 bits per heavy atom. The van der Waals surface area contributed by atoms with E-state index in [1.165, 1.54) is 0 Å². The summed E-state index contributed by atoms with van der Waals surface area (Å²) >= 11 is 0. The van der Waals surface area contributed by atoms with Gasteiger partial charge in [0.05, 0.1) is 19.1 Å². The molecule has 1 unspecified atom stereocenters. The Labute approximate surface area is 97.9 Å². The van der Waals surface area contributed by atoms with Gasteiger partial charge in [-0.05, 0) is 20.9 Å². The molecule has 0 radical (unpaired) electrons. The van der Waals surface area contributed by atoms with Gasteiger partial charge in [0.15, 0.2) is 0 Å². The van der Waals surface area contributed by atoms with Gasteiger partial charge in [0, 0.05) is 26.2 Å². The molecule has 5 nitrogen and oxygen atoms in total. The van der Waals surface area contributed by atoms with Crippen LogP contribution in [0.1, 0.15) is 20.3 Å². The maximum atomic E-state index is 11.1. The van der Waals surface area contributed by atoms with Crippen LogP contribution in [0.5, 0.6) is 0 Å². The summed E-state index contributed by atoms with van der Waals surface area (Å²) < 4.78 is 10.3. The van der Waals surface area contributed by atoms with Gasteiger partial charge in [-0.2, -0.15) is 0 Å². The number of nitrogens with zero attached hydrogens (tertiary/aromatic N) is 1. The second-order valence-electron chi connectivity index (χ2n) is 3.63. The smallest absolute Gasteiger partial charge is 0.307 e. The summed E-state index contributed by atoms with van der Waals surface area (Å²) in [5.74, 6) is -0.157. The summed E-state index contributed by atoms with van der Waals surface area (Å²) in [5.41, 5.74) is 5.57. The molecule has 0 fully saturated rings. The normalized spacial score (nSPS) is 12.8. The zero-order valence-corrected chi connectivity index (χ0v) is 10.6. The van der Waals surface area contributed by atoms with Crippen molar-refractivity contribution in [3.63, 3.8) is 0 Å². The molecule has 1 atom stereocenters. The lowest BCUT2D eigenvalue weighted by Gasteiger charge is -2.22. The van der Waals surface area contributed by atoms with Gasteiger partial charge in [-0.25, -0.2) is 0 Å². The number of hydrogen-bond acceptors (Lipinski definition) is 5. The Bertz CT molecular complexity index is 188. The highest BCUT2D eigenvalue weighted by Gasteiger charge is 2.11. The van der Waals surface area contributed by atoms with Crippen LogP contribution in [0.2, 0.25) is 0 Å². The second-order valence-corrected chi connectivity index (χ2v) is 3.63. The summed E-state index contributed by atoms with van der Waals surface area (Å²) in [7, 11) is 1.95. The second kappa shape index (κ2) is 9.57. The third kappa shape index (κ3) is 7.62. The molecule has 16 heavy (non-hydrogen) atoms. The predicted octanol–water partition coefficient (Wildman–Crippen LogP) is 0.235. The van der Waals surface area contributed by atoms with E-state index in [-0.39, 0.29) is 12.1 Å². The van der Waals surface area contributed by atoms with E-state index in [9.17, 15) is 4.79 Å². The molecule has 0 rings (SSSR count). The molecule has 0 saturated heterocycles. The van der Waals surface area contributed by atoms with E-state index < -0.39 is 0 Å². The van der Waals surface area contributed by atoms with E-state index in [4.69, 9.17) is 15.2 Å². The zero-order valence-electron chi connectivity index (χ0n) is 10.6. The summed E-state index contributed by atoms with van der Waals surface area (Å²) in [6.45, 7) is 6.76. The molecule has 0 amide bonds. The third-order valence-corrected chi connectivity index (χ3v) is 2.18. The molecule has 0 aliphatic rings. The Morgan fingerprint density at radius 3 is 2.56 bits per heavy atom. The van der Waals surface area contributed by atoms with Crippen molar-refractivity contribution in [1.29, 1.82) is 0 Å². The number of esters is 1. The van der Waals surface area contributed by atoms with Gasteiger partial charge in [0.1, 0.15) is 0 Å². The first kappa shape index (κ1) is 15.3. The van der Waals surface area contributed by atoms with Crippen LogP contribution in [0.25, 0.3) is 0 Å². The summed E-state index contributed by atoms with van der Waals surface area (Å²) in [5, 5.41) is 0. The molecule has 0 spiro atoms. The van der Waals surface area contributed by atoms with E-state index >= 15 is 0 Å². The topological polar surface area (TPSA) is 64.8 Å². The first-order valence-electron chi connectivity index (χ1n) is 5.79. The third-order valence-electron chi connectivity index (χ3n) is 2.18. The first-order valence-corrected chi connectivity index (χ1v) is 5.79. The standard InChI is InChI=1S/C11H24N2O3/c1-4-15-10(8-12)9-13(3)7-6-11(14)16-5-2/h10H,4-9,12H2,1-3H3. The van der Waals surface area contributed by atoms with Crippen molar-refractivity contribution in [3.8, 4) is 0 Å². The number of nitrogens with two attached hydrogens (primary N) is 1. The molecule has 0 aromatic heterocycles. The quantitative estimate of drug-likeness (QED) is 0.577. The summed E-state index contributed by atoms with van der Waals surface area (Å²) in [4.78, 5) is 13.2. The van der Waals surface area contributed by atoms with Gasteiger partial charge in [-0.3, -0.25) is 4.79 Å². The van der Waals surface area contributed by atoms with Gasteiger partial charge < -0.3 is 20.1 Å². The molecule has 0 heterocycles. The molecule has 0 saturated carbocycles. The highest BCUT2D eigenvalue weighted by atomic mass is 16.5. The number of rotatable bonds is 9. The Hall–Kier alpha value is -0.650. The fraction of sp³-hybridized carbons (Fsp3) is 0.909. The summed E-state index contributed by atoms with van der Waals surface area (Å²) in [6.07, 6.45) is 0.450. The van der Waals surface area contributed by atoms with Crippen molar-refractivity contribution in [2.24, 2.45) is 5.73 Å². The molecular weight excluding hydrogens is 208 g/mol. The van der Waals surface area contributed by atoms with E-state index in [0.29, 0.717) is 32.7 Å². The average molecular weight is 232 g/mol. The van der Waals surface area contributed by atoms with E-state index in [2.05, 4.69) is 0 Å². The first-order chi connectivity index (χ1) is 7.63. The largest absolute Gasteiger partial charge is 0.466 e. The number of ether oxygens (including phenoxy) is 2. The van der Waals surface area contributed by atoms with Gasteiger partial charge in [0.25, 0.3) is 0 Å². The molecule has 0 aliphatic carbocycles. The van der Waals surface area contributed by atoms with Crippen LogP contribution in [0.3, 0.4) is 0 Å². The SMILES string of the molecule is CCOC(=O)CCN(C)CC(CN)OCC. The van der Waals surface area contributed by atoms with Crippen LogP contribution >= 0.6 is 0 Å². The number of likely N-dealkylation sites (N-methyl/N-ethyl adjacent to an activating group) is 1. The van der Waals surface area contributed by atoms with Gasteiger partial charge in [-0.1, -0.05) is 0 Å². The van der Waals surface area contributed by atoms with Crippen molar-refractivity contribution in [1.82, 2.24) is 4.90 Å². The zero-order chi connectivity index (χ0) is 12.4. The average Bonchev–Trinajstić information content (AvgIpc) is 2.26. The molecule has 0 bridgehead atoms. The Balaban J connectivity index is 3.70. The van der Waals surface area contributed by atoms with Crippen molar-refractivity contribution in [3.05, 3.63) is 0 Å². The van der Waals surface area contributed by atoms with Crippen LogP contribution in [-0.4, -0.2) is 56.9 Å². The minimum Gasteiger partial charge on any atom is -0.466 e. The van der Waals surface area contributed by atoms with Gasteiger partial charge in [-0.15, -0.1) is 0 Å². The van der Waals surface area contributed by atoms with Crippen molar-refractivity contribution < 1.29 is 14.3 Å². The molecule has 96 valence electrons. The number of carbonyl (C=O) groups is 1. The lowest BCUT2D eigenvalue weighted by molar-refractivity contribution is -0.143.